The van der Waals surface area contributed by atoms with E-state index in [1.54, 1.807) is 19.2 Å². The normalized spacial score (nSPS) is 16.1. The van der Waals surface area contributed by atoms with Crippen LogP contribution in [0.25, 0.3) is 11.0 Å². The van der Waals surface area contributed by atoms with Crippen LogP contribution in [0.3, 0.4) is 0 Å². The molecule has 28 heavy (non-hydrogen) atoms. The van der Waals surface area contributed by atoms with Crippen molar-refractivity contribution in [3.05, 3.63) is 63.7 Å². The van der Waals surface area contributed by atoms with E-state index in [0.717, 1.165) is 48.6 Å². The minimum absolute atomic E-state index is 0.0670. The third kappa shape index (κ3) is 3.47. The molecule has 1 saturated heterocycles. The van der Waals surface area contributed by atoms with Gasteiger partial charge in [0.05, 0.1) is 16.6 Å². The number of aromatic amines is 1. The van der Waals surface area contributed by atoms with Gasteiger partial charge in [0.15, 0.2) is 0 Å². The monoisotopic (exact) mass is 374 g/mol. The van der Waals surface area contributed by atoms with E-state index in [9.17, 15) is 4.79 Å². The molecule has 0 aromatic carbocycles. The molecule has 3 aromatic rings. The van der Waals surface area contributed by atoms with Crippen molar-refractivity contribution in [2.24, 2.45) is 0 Å². The summed E-state index contributed by atoms with van der Waals surface area (Å²) < 4.78 is 0. The van der Waals surface area contributed by atoms with Crippen LogP contribution in [-0.4, -0.2) is 46.0 Å². The molecule has 1 atom stereocenters. The van der Waals surface area contributed by atoms with Gasteiger partial charge < -0.3 is 9.88 Å². The number of hydrogen-bond acceptors (Lipinski definition) is 6. The molecule has 1 aliphatic heterocycles. The second-order valence-electron chi connectivity index (χ2n) is 7.20. The summed E-state index contributed by atoms with van der Waals surface area (Å²) in [5, 5.41) is 8.90. The van der Waals surface area contributed by atoms with Gasteiger partial charge in [-0.3, -0.25) is 14.7 Å². The molecule has 4 heterocycles. The highest BCUT2D eigenvalue weighted by molar-refractivity contribution is 5.74. The fourth-order valence-corrected chi connectivity index (χ4v) is 3.62. The third-order valence-corrected chi connectivity index (χ3v) is 5.44. The van der Waals surface area contributed by atoms with Crippen LogP contribution in [0.15, 0.2) is 41.5 Å². The Morgan fingerprint density at radius 3 is 2.61 bits per heavy atom. The molecule has 0 saturated carbocycles. The van der Waals surface area contributed by atoms with E-state index in [4.69, 9.17) is 5.26 Å². The summed E-state index contributed by atoms with van der Waals surface area (Å²) in [5.74, 6) is 0.909. The van der Waals surface area contributed by atoms with Crippen LogP contribution < -0.4 is 10.5 Å². The Labute approximate surface area is 163 Å². The maximum atomic E-state index is 11.9. The van der Waals surface area contributed by atoms with Crippen molar-refractivity contribution < 1.29 is 0 Å². The maximum Gasteiger partial charge on any atom is 0.251 e. The number of aryl methyl sites for hydroxylation is 1. The van der Waals surface area contributed by atoms with Crippen LogP contribution in [0.2, 0.25) is 0 Å². The molecule has 0 bridgehead atoms. The first-order chi connectivity index (χ1) is 13.5. The summed E-state index contributed by atoms with van der Waals surface area (Å²) in [6.45, 7) is 7.53. The smallest absolute Gasteiger partial charge is 0.251 e. The number of nitrogens with zero attached hydrogens (tertiary/aromatic N) is 5. The summed E-state index contributed by atoms with van der Waals surface area (Å²) in [6, 6.07) is 9.87. The molecule has 0 spiro atoms. The lowest BCUT2D eigenvalue weighted by atomic mass is 10.1. The SMILES string of the molecule is Cc1cc2ncc(C(C)N3CCN(c4ccc(C#N)cn4)CC3)cc2[nH]c1=O. The number of rotatable bonds is 3. The minimum Gasteiger partial charge on any atom is -0.354 e. The molecule has 7 nitrogen and oxygen atoms in total. The standard InChI is InChI=1S/C21H22N6O/c1-14-9-18-19(25-21(14)28)10-17(13-23-18)15(2)26-5-7-27(8-6-26)20-4-3-16(11-22)12-24-20/h3-4,9-10,12-13,15H,5-8H2,1-2H3,(H,25,28). The van der Waals surface area contributed by atoms with Gasteiger partial charge in [0.25, 0.3) is 5.56 Å². The largest absolute Gasteiger partial charge is 0.354 e. The highest BCUT2D eigenvalue weighted by atomic mass is 16.1. The van der Waals surface area contributed by atoms with Crippen LogP contribution >= 0.6 is 0 Å². The number of nitrogens with one attached hydrogen (secondary N) is 1. The van der Waals surface area contributed by atoms with Gasteiger partial charge in [-0.2, -0.15) is 5.26 Å². The van der Waals surface area contributed by atoms with Crippen molar-refractivity contribution in [3.63, 3.8) is 0 Å². The predicted octanol–water partition coefficient (Wildman–Crippen LogP) is 2.38. The summed E-state index contributed by atoms with van der Waals surface area (Å²) in [4.78, 5) is 28.4. The van der Waals surface area contributed by atoms with Crippen LogP contribution in [0, 0.1) is 18.3 Å². The minimum atomic E-state index is -0.0670. The van der Waals surface area contributed by atoms with Gasteiger partial charge in [0.2, 0.25) is 0 Å². The first kappa shape index (κ1) is 18.1. The molecule has 4 rings (SSSR count). The fourth-order valence-electron chi connectivity index (χ4n) is 3.62. The van der Waals surface area contributed by atoms with Crippen molar-refractivity contribution in [2.75, 3.05) is 31.1 Å². The van der Waals surface area contributed by atoms with Crippen LogP contribution in [0.4, 0.5) is 5.82 Å². The van der Waals surface area contributed by atoms with Crippen LogP contribution in [0.5, 0.6) is 0 Å². The van der Waals surface area contributed by atoms with E-state index in [-0.39, 0.29) is 11.6 Å². The molecular weight excluding hydrogens is 352 g/mol. The zero-order valence-corrected chi connectivity index (χ0v) is 16.0. The van der Waals surface area contributed by atoms with E-state index in [1.807, 2.05) is 24.4 Å². The molecule has 7 heteroatoms. The summed E-state index contributed by atoms with van der Waals surface area (Å²) >= 11 is 0. The number of fused-ring (bicyclic) bond motifs is 1. The highest BCUT2D eigenvalue weighted by Gasteiger charge is 2.23. The number of pyridine rings is 3. The van der Waals surface area contributed by atoms with Crippen molar-refractivity contribution in [3.8, 4) is 6.07 Å². The van der Waals surface area contributed by atoms with E-state index in [0.29, 0.717) is 11.1 Å². The number of anilines is 1. The van der Waals surface area contributed by atoms with Gasteiger partial charge in [-0.15, -0.1) is 0 Å². The van der Waals surface area contributed by atoms with Gasteiger partial charge in [-0.05, 0) is 43.7 Å². The molecular formula is C21H22N6O. The Morgan fingerprint density at radius 1 is 1.14 bits per heavy atom. The van der Waals surface area contributed by atoms with Crippen molar-refractivity contribution >= 4 is 16.9 Å². The number of H-pyrrole nitrogens is 1. The van der Waals surface area contributed by atoms with Crippen molar-refractivity contribution in [2.45, 2.75) is 19.9 Å². The Balaban J connectivity index is 1.47. The van der Waals surface area contributed by atoms with Crippen LogP contribution in [-0.2, 0) is 0 Å². The summed E-state index contributed by atoms with van der Waals surface area (Å²) in [5.41, 5.74) is 3.87. The number of aromatic nitrogens is 3. The third-order valence-electron chi connectivity index (χ3n) is 5.44. The lowest BCUT2D eigenvalue weighted by molar-refractivity contribution is 0.198. The maximum absolute atomic E-state index is 11.9. The molecule has 1 N–H and O–H groups in total. The lowest BCUT2D eigenvalue weighted by Crippen LogP contribution is -2.47. The van der Waals surface area contributed by atoms with Crippen molar-refractivity contribution in [1.29, 1.82) is 5.26 Å². The number of nitriles is 1. The van der Waals surface area contributed by atoms with Gasteiger partial charge in [-0.25, -0.2) is 4.98 Å². The first-order valence-corrected chi connectivity index (χ1v) is 9.40. The zero-order valence-electron chi connectivity index (χ0n) is 16.0. The molecule has 3 aromatic heterocycles. The van der Waals surface area contributed by atoms with E-state index in [1.165, 1.54) is 0 Å². The average molecular weight is 374 g/mol. The number of hydrogen-bond donors (Lipinski definition) is 1. The first-order valence-electron chi connectivity index (χ1n) is 9.40. The fraction of sp³-hybridized carbons (Fsp3) is 0.333. The van der Waals surface area contributed by atoms with E-state index < -0.39 is 0 Å². The van der Waals surface area contributed by atoms with Gasteiger partial charge in [0.1, 0.15) is 11.9 Å². The van der Waals surface area contributed by atoms with E-state index in [2.05, 4.69) is 37.7 Å². The Hall–Kier alpha value is -3.24. The molecule has 1 aliphatic rings. The molecule has 0 aliphatic carbocycles. The lowest BCUT2D eigenvalue weighted by Gasteiger charge is -2.38. The Kier molecular flexibility index (Phi) is 4.80. The zero-order chi connectivity index (χ0) is 19.7. The van der Waals surface area contributed by atoms with E-state index >= 15 is 0 Å². The molecule has 0 radical (unpaired) electrons. The average Bonchev–Trinajstić information content (AvgIpc) is 2.74. The summed E-state index contributed by atoms with van der Waals surface area (Å²) in [6.07, 6.45) is 3.52. The Bertz CT molecular complexity index is 1090. The molecule has 0 amide bonds. The second kappa shape index (κ2) is 7.41. The van der Waals surface area contributed by atoms with Gasteiger partial charge in [-0.1, -0.05) is 0 Å². The highest BCUT2D eigenvalue weighted by Crippen LogP contribution is 2.24. The number of piperazine rings is 1. The van der Waals surface area contributed by atoms with Crippen molar-refractivity contribution in [1.82, 2.24) is 19.9 Å². The topological polar surface area (TPSA) is 88.9 Å². The second-order valence-corrected chi connectivity index (χ2v) is 7.20. The van der Waals surface area contributed by atoms with Gasteiger partial charge in [0, 0.05) is 50.2 Å². The van der Waals surface area contributed by atoms with Gasteiger partial charge >= 0.3 is 0 Å². The predicted molar refractivity (Wildman–Crippen MR) is 108 cm³/mol. The quantitative estimate of drug-likeness (QED) is 0.757. The molecule has 1 fully saturated rings. The Morgan fingerprint density at radius 2 is 1.93 bits per heavy atom. The summed E-state index contributed by atoms with van der Waals surface area (Å²) in [7, 11) is 0. The molecule has 1 unspecified atom stereocenters. The van der Waals surface area contributed by atoms with Crippen LogP contribution in [0.1, 0.15) is 29.7 Å². The molecule has 142 valence electrons.